The molecule has 0 aliphatic rings. The number of hydrogen-bond donors (Lipinski definition) is 2. The Bertz CT molecular complexity index is 955. The van der Waals surface area contributed by atoms with Crippen molar-refractivity contribution >= 4 is 44.6 Å². The van der Waals surface area contributed by atoms with E-state index in [4.69, 9.17) is 9.11 Å². The fraction of sp³-hybridized carbons (Fsp3) is 0. The standard InChI is InChI=1S/C18H15P.H2O7S2.Pt/c1-4-10-16(11-5-1)19(17-12-6-2-7-13-17)18-14-8-3-9-15-18;1-8(2,3)7-9(4,5)6;/h1-15H;(H,1,2,3)(H,4,5,6);. The van der Waals surface area contributed by atoms with Gasteiger partial charge in [0.25, 0.3) is 0 Å². The van der Waals surface area contributed by atoms with Gasteiger partial charge in [0.1, 0.15) is 0 Å². The van der Waals surface area contributed by atoms with E-state index >= 15 is 0 Å². The summed E-state index contributed by atoms with van der Waals surface area (Å²) in [6.45, 7) is 0. The summed E-state index contributed by atoms with van der Waals surface area (Å²) in [5.74, 6) is 0. The molecule has 0 aliphatic carbocycles. The van der Waals surface area contributed by atoms with Gasteiger partial charge in [-0.25, -0.2) is 0 Å². The molecule has 0 spiro atoms. The molecule has 0 bridgehead atoms. The van der Waals surface area contributed by atoms with Crippen molar-refractivity contribution in [1.29, 1.82) is 0 Å². The first-order valence-corrected chi connectivity index (χ1v) is 11.8. The molecule has 0 heterocycles. The van der Waals surface area contributed by atoms with Crippen LogP contribution >= 0.6 is 7.92 Å². The van der Waals surface area contributed by atoms with E-state index in [-0.39, 0.29) is 21.1 Å². The van der Waals surface area contributed by atoms with Crippen LogP contribution in [0.1, 0.15) is 0 Å². The Morgan fingerprint density at radius 1 is 0.552 bits per heavy atom. The zero-order chi connectivity index (χ0) is 20.6. The zero-order valence-electron chi connectivity index (χ0n) is 14.7. The van der Waals surface area contributed by atoms with Crippen molar-refractivity contribution in [2.75, 3.05) is 0 Å². The summed E-state index contributed by atoms with van der Waals surface area (Å²) < 4.78 is 55.6. The fourth-order valence-electron chi connectivity index (χ4n) is 2.29. The van der Waals surface area contributed by atoms with E-state index in [1.54, 1.807) is 0 Å². The molecule has 2 N–H and O–H groups in total. The molecule has 0 saturated carbocycles. The Balaban J connectivity index is 0.000000362. The number of rotatable bonds is 5. The molecule has 3 rings (SSSR count). The monoisotopic (exact) mass is 635 g/mol. The largest absolute Gasteiger partial charge is 0.413 e. The third-order valence-electron chi connectivity index (χ3n) is 3.22. The summed E-state index contributed by atoms with van der Waals surface area (Å²) >= 11 is 0. The van der Waals surface area contributed by atoms with Crippen LogP contribution in [0, 0.1) is 0 Å². The molecule has 0 aliphatic heterocycles. The van der Waals surface area contributed by atoms with Gasteiger partial charge in [-0.1, -0.05) is 91.0 Å². The van der Waals surface area contributed by atoms with Gasteiger partial charge in [0.2, 0.25) is 0 Å². The molecule has 0 unspecified atom stereocenters. The summed E-state index contributed by atoms with van der Waals surface area (Å²) in [7, 11) is -10.7. The van der Waals surface area contributed by atoms with Gasteiger partial charge < -0.3 is 0 Å². The Kier molecular flexibility index (Phi) is 10.3. The van der Waals surface area contributed by atoms with E-state index in [1.165, 1.54) is 15.9 Å². The quantitative estimate of drug-likeness (QED) is 0.326. The summed E-state index contributed by atoms with van der Waals surface area (Å²) in [4.78, 5) is 0. The minimum atomic E-state index is -5.12. The molecule has 3 aromatic rings. The second-order valence-corrected chi connectivity index (χ2v) is 9.74. The van der Waals surface area contributed by atoms with E-state index in [9.17, 15) is 16.8 Å². The van der Waals surface area contributed by atoms with E-state index < -0.39 is 28.7 Å². The second kappa shape index (κ2) is 11.7. The molecule has 29 heavy (non-hydrogen) atoms. The van der Waals surface area contributed by atoms with Crippen LogP contribution < -0.4 is 15.9 Å². The van der Waals surface area contributed by atoms with Crippen molar-refractivity contribution in [3.05, 3.63) is 91.0 Å². The maximum Gasteiger partial charge on any atom is 0.413 e. The Morgan fingerprint density at radius 3 is 0.966 bits per heavy atom. The van der Waals surface area contributed by atoms with Gasteiger partial charge >= 0.3 is 20.8 Å². The van der Waals surface area contributed by atoms with Crippen molar-refractivity contribution in [3.63, 3.8) is 0 Å². The third kappa shape index (κ3) is 9.74. The van der Waals surface area contributed by atoms with E-state index in [0.29, 0.717) is 0 Å². The van der Waals surface area contributed by atoms with Crippen molar-refractivity contribution < 1.29 is 50.6 Å². The predicted molar refractivity (Wildman–Crippen MR) is 109 cm³/mol. The molecule has 0 amide bonds. The average molecular weight is 636 g/mol. The van der Waals surface area contributed by atoms with Gasteiger partial charge in [-0.15, -0.1) is 3.63 Å². The fourth-order valence-corrected chi connectivity index (χ4v) is 5.46. The first-order chi connectivity index (χ1) is 13.2. The van der Waals surface area contributed by atoms with Crippen molar-refractivity contribution in [1.82, 2.24) is 0 Å². The van der Waals surface area contributed by atoms with Crippen molar-refractivity contribution in [3.8, 4) is 0 Å². The minimum absolute atomic E-state index is 0. The summed E-state index contributed by atoms with van der Waals surface area (Å²) in [6, 6.07) is 32.3. The van der Waals surface area contributed by atoms with Crippen LogP contribution in [0.5, 0.6) is 0 Å². The van der Waals surface area contributed by atoms with Gasteiger partial charge in [-0.3, -0.25) is 9.11 Å². The Morgan fingerprint density at radius 2 is 0.793 bits per heavy atom. The molecule has 0 radical (unpaired) electrons. The molecule has 7 nitrogen and oxygen atoms in total. The van der Waals surface area contributed by atoms with Crippen LogP contribution in [0.25, 0.3) is 0 Å². The molecule has 0 atom stereocenters. The normalized spacial score (nSPS) is 11.1. The van der Waals surface area contributed by atoms with Crippen LogP contribution in [0.4, 0.5) is 0 Å². The molecule has 0 saturated heterocycles. The summed E-state index contributed by atoms with van der Waals surface area (Å²) in [5, 5.41) is 4.19. The first-order valence-electron chi connectivity index (χ1n) is 7.77. The third-order valence-corrected chi connectivity index (χ3v) is 7.03. The maximum atomic E-state index is 9.44. The van der Waals surface area contributed by atoms with E-state index in [2.05, 4.69) is 94.6 Å². The molecule has 11 heteroatoms. The van der Waals surface area contributed by atoms with Gasteiger partial charge in [0.15, 0.2) is 0 Å². The van der Waals surface area contributed by atoms with Crippen LogP contribution in [-0.4, -0.2) is 25.9 Å². The Hall–Kier alpha value is -1.44. The molecule has 158 valence electrons. The van der Waals surface area contributed by atoms with Crippen molar-refractivity contribution in [2.24, 2.45) is 0 Å². The van der Waals surface area contributed by atoms with Crippen LogP contribution in [0.3, 0.4) is 0 Å². The van der Waals surface area contributed by atoms with Crippen LogP contribution in [0.2, 0.25) is 0 Å². The van der Waals surface area contributed by atoms with Crippen molar-refractivity contribution in [2.45, 2.75) is 0 Å². The molecule has 0 aromatic heterocycles. The summed E-state index contributed by atoms with van der Waals surface area (Å²) in [5.41, 5.74) is 0. The van der Waals surface area contributed by atoms with Gasteiger partial charge in [0, 0.05) is 21.1 Å². The molecular weight excluding hydrogens is 618 g/mol. The number of hydrogen-bond acceptors (Lipinski definition) is 5. The first kappa shape index (κ1) is 25.6. The van der Waals surface area contributed by atoms with Crippen LogP contribution in [0.15, 0.2) is 91.0 Å². The number of benzene rings is 3. The average Bonchev–Trinajstić information content (AvgIpc) is 2.62. The zero-order valence-corrected chi connectivity index (χ0v) is 19.5. The second-order valence-electron chi connectivity index (χ2n) is 5.27. The van der Waals surface area contributed by atoms with Gasteiger partial charge in [-0.05, 0) is 23.8 Å². The topological polar surface area (TPSA) is 118 Å². The van der Waals surface area contributed by atoms with Gasteiger partial charge in [-0.2, -0.15) is 16.8 Å². The molecule has 0 fully saturated rings. The van der Waals surface area contributed by atoms with E-state index in [1.807, 2.05) is 0 Å². The molecular formula is C18H17O7PPtS2. The smallest absolute Gasteiger partial charge is 0.263 e. The predicted octanol–water partition coefficient (Wildman–Crippen LogP) is 2.05. The molecule has 3 aromatic carbocycles. The minimum Gasteiger partial charge on any atom is -0.263 e. The SMILES string of the molecule is O=S(=O)(O)OS(=O)(=O)O.[Pt].c1ccc(P(c2ccccc2)c2ccccc2)cc1. The summed E-state index contributed by atoms with van der Waals surface area (Å²) in [6.07, 6.45) is 0. The maximum absolute atomic E-state index is 9.44. The Labute approximate surface area is 185 Å². The van der Waals surface area contributed by atoms with Crippen LogP contribution in [-0.2, 0) is 45.5 Å². The van der Waals surface area contributed by atoms with E-state index in [0.717, 1.165) is 0 Å². The van der Waals surface area contributed by atoms with Gasteiger partial charge in [0.05, 0.1) is 0 Å².